The zero-order valence-electron chi connectivity index (χ0n) is 18.1. The average Bonchev–Trinajstić information content (AvgIpc) is 3.17. The number of hydrogen-bond donors (Lipinski definition) is 0. The van der Waals surface area contributed by atoms with E-state index < -0.39 is 23.0 Å². The number of ether oxygens (including phenoxy) is 1. The van der Waals surface area contributed by atoms with Gasteiger partial charge in [0.05, 0.1) is 27.3 Å². The van der Waals surface area contributed by atoms with Crippen LogP contribution in [0.4, 0.5) is 4.39 Å². The van der Waals surface area contributed by atoms with Crippen LogP contribution in [-0.2, 0) is 14.6 Å². The van der Waals surface area contributed by atoms with Gasteiger partial charge in [-0.25, -0.2) is 16.8 Å². The van der Waals surface area contributed by atoms with Gasteiger partial charge in [-0.15, -0.1) is 0 Å². The Bertz CT molecular complexity index is 1580. The zero-order valence-corrected chi connectivity index (χ0v) is 19.8. The molecule has 0 bridgehead atoms. The third-order valence-corrected chi connectivity index (χ3v) is 8.37. The molecule has 4 rings (SSSR count). The van der Waals surface area contributed by atoms with Crippen molar-refractivity contribution in [2.24, 2.45) is 0 Å². The molecule has 0 saturated heterocycles. The van der Waals surface area contributed by atoms with Gasteiger partial charge in [-0.05, 0) is 56.7 Å². The molecule has 0 radical (unpaired) electrons. The summed E-state index contributed by atoms with van der Waals surface area (Å²) in [6.45, 7) is 4.77. The molecule has 168 valence electrons. The molecule has 6 nitrogen and oxygen atoms in total. The summed E-state index contributed by atoms with van der Waals surface area (Å²) >= 11 is 0. The van der Waals surface area contributed by atoms with Gasteiger partial charge < -0.3 is 9.30 Å². The number of rotatable bonds is 5. The third-order valence-electron chi connectivity index (χ3n) is 5.14. The topological polar surface area (TPSA) is 89.2 Å². The molecule has 3 aromatic carbocycles. The molecule has 0 atom stereocenters. The van der Waals surface area contributed by atoms with Gasteiger partial charge in [0.1, 0.15) is 12.9 Å². The van der Waals surface area contributed by atoms with Crippen molar-refractivity contribution in [2.75, 3.05) is 13.3 Å². The van der Waals surface area contributed by atoms with E-state index in [9.17, 15) is 13.0 Å². The number of benzene rings is 3. The number of halogens is 1. The maximum absolute atomic E-state index is 15.4. The fourth-order valence-electron chi connectivity index (χ4n) is 3.60. The van der Waals surface area contributed by atoms with Crippen LogP contribution in [0.3, 0.4) is 0 Å². The normalized spacial score (nSPS) is 12.0. The largest absolute Gasteiger partial charge is 0.453 e. The van der Waals surface area contributed by atoms with Gasteiger partial charge in [0.15, 0.2) is 11.6 Å². The molecule has 0 saturated carbocycles. The van der Waals surface area contributed by atoms with Crippen LogP contribution in [0.1, 0.15) is 11.1 Å². The first kappa shape index (κ1) is 22.8. The number of hydrogen-bond acceptors (Lipinski definition) is 5. The van der Waals surface area contributed by atoms with E-state index in [0.717, 1.165) is 15.6 Å². The Morgan fingerprint density at radius 3 is 2.39 bits per heavy atom. The Balaban J connectivity index is 1.94. The molecule has 0 fully saturated rings. The first-order valence-corrected chi connectivity index (χ1v) is 14.0. The van der Waals surface area contributed by atoms with Crippen LogP contribution in [0.15, 0.2) is 71.8 Å². The first-order chi connectivity index (χ1) is 15.5. The van der Waals surface area contributed by atoms with E-state index >= 15 is 4.39 Å². The Labute approximate surface area is 191 Å². The van der Waals surface area contributed by atoms with E-state index in [1.54, 1.807) is 30.3 Å². The maximum atomic E-state index is 15.4. The molecule has 4 aromatic rings. The molecule has 0 aliphatic carbocycles. The van der Waals surface area contributed by atoms with Gasteiger partial charge in [-0.2, -0.15) is 5.26 Å². The lowest BCUT2D eigenvalue weighted by atomic mass is 10.2. The minimum absolute atomic E-state index is 0.0531. The van der Waals surface area contributed by atoms with E-state index in [1.165, 1.54) is 43.8 Å². The molecule has 0 spiro atoms. The van der Waals surface area contributed by atoms with Gasteiger partial charge in [0.2, 0.25) is 0 Å². The molecule has 0 aliphatic rings. The Morgan fingerprint density at radius 1 is 1.06 bits per heavy atom. The van der Waals surface area contributed by atoms with E-state index in [1.807, 2.05) is 13.0 Å². The van der Waals surface area contributed by atoms with Crippen LogP contribution >= 0.6 is 7.14 Å². The highest BCUT2D eigenvalue weighted by molar-refractivity contribution is 7.90. The maximum Gasteiger partial charge on any atom is 0.268 e. The van der Waals surface area contributed by atoms with Crippen molar-refractivity contribution in [3.8, 4) is 17.6 Å². The van der Waals surface area contributed by atoms with Crippen molar-refractivity contribution in [1.29, 1.82) is 5.26 Å². The number of nitriles is 1. The number of nitrogens with zero attached hydrogens (tertiary/aromatic N) is 2. The predicted molar refractivity (Wildman–Crippen MR) is 126 cm³/mol. The molecule has 1 heterocycles. The summed E-state index contributed by atoms with van der Waals surface area (Å²) in [7, 11) is -7.15. The Hall–Kier alpha value is -3.40. The second-order valence-electron chi connectivity index (χ2n) is 7.99. The van der Waals surface area contributed by atoms with Gasteiger partial charge in [0.25, 0.3) is 10.0 Å². The van der Waals surface area contributed by atoms with Gasteiger partial charge in [-0.3, -0.25) is 0 Å². The highest BCUT2D eigenvalue weighted by Crippen LogP contribution is 2.44. The number of aryl methyl sites for hydroxylation is 1. The van der Waals surface area contributed by atoms with Crippen LogP contribution in [0.2, 0.25) is 0 Å². The standard InChI is InChI=1S/C24H20FN2O4PS/c1-16-7-9-19(10-8-16)33(29,30)27-12-11-20-22(27)14-21(25)23(24(20)32(2,3)28)31-18-6-4-5-17(13-18)15-26/h4-14H,1-3H3. The summed E-state index contributed by atoms with van der Waals surface area (Å²) in [4.78, 5) is 0.0531. The summed E-state index contributed by atoms with van der Waals surface area (Å²) in [6.07, 6.45) is 1.32. The van der Waals surface area contributed by atoms with Crippen LogP contribution in [0, 0.1) is 24.1 Å². The molecule has 1 aromatic heterocycles. The van der Waals surface area contributed by atoms with Crippen molar-refractivity contribution < 1.29 is 22.1 Å². The zero-order chi connectivity index (χ0) is 24.0. The van der Waals surface area contributed by atoms with Crippen LogP contribution < -0.4 is 10.0 Å². The molecular formula is C24H20FN2O4PS. The SMILES string of the molecule is Cc1ccc(S(=O)(=O)n2ccc3c(P(C)(C)=O)c(Oc4cccc(C#N)c4)c(F)cc32)cc1. The monoisotopic (exact) mass is 482 g/mol. The lowest BCUT2D eigenvalue weighted by Gasteiger charge is -2.17. The van der Waals surface area contributed by atoms with Gasteiger partial charge in [-0.1, -0.05) is 23.8 Å². The van der Waals surface area contributed by atoms with Crippen LogP contribution in [-0.4, -0.2) is 25.7 Å². The Morgan fingerprint density at radius 2 is 1.76 bits per heavy atom. The fraction of sp³-hybridized carbons (Fsp3) is 0.125. The minimum Gasteiger partial charge on any atom is -0.453 e. The number of fused-ring (bicyclic) bond motifs is 1. The van der Waals surface area contributed by atoms with Crippen LogP contribution in [0.25, 0.3) is 10.9 Å². The van der Waals surface area contributed by atoms with Crippen molar-refractivity contribution in [3.63, 3.8) is 0 Å². The van der Waals surface area contributed by atoms with Crippen molar-refractivity contribution in [1.82, 2.24) is 3.97 Å². The molecule has 0 amide bonds. The molecular weight excluding hydrogens is 462 g/mol. The second-order valence-corrected chi connectivity index (χ2v) is 13.0. The summed E-state index contributed by atoms with van der Waals surface area (Å²) in [6, 6.07) is 17.0. The average molecular weight is 482 g/mol. The molecule has 33 heavy (non-hydrogen) atoms. The van der Waals surface area contributed by atoms with Crippen molar-refractivity contribution in [3.05, 3.63) is 83.8 Å². The quantitative estimate of drug-likeness (QED) is 0.363. The van der Waals surface area contributed by atoms with Gasteiger partial charge in [0, 0.05) is 17.6 Å². The van der Waals surface area contributed by atoms with E-state index in [0.29, 0.717) is 10.9 Å². The van der Waals surface area contributed by atoms with Crippen molar-refractivity contribution in [2.45, 2.75) is 11.8 Å². The first-order valence-electron chi connectivity index (χ1n) is 9.92. The summed E-state index contributed by atoms with van der Waals surface area (Å²) < 4.78 is 61.8. The van der Waals surface area contributed by atoms with E-state index in [4.69, 9.17) is 10.00 Å². The summed E-state index contributed by atoms with van der Waals surface area (Å²) in [5.41, 5.74) is 1.28. The van der Waals surface area contributed by atoms with Crippen LogP contribution in [0.5, 0.6) is 11.5 Å². The minimum atomic E-state index is -4.02. The smallest absolute Gasteiger partial charge is 0.268 e. The van der Waals surface area contributed by atoms with E-state index in [2.05, 4.69) is 0 Å². The molecule has 9 heteroatoms. The highest BCUT2D eigenvalue weighted by Gasteiger charge is 2.29. The van der Waals surface area contributed by atoms with Gasteiger partial charge >= 0.3 is 0 Å². The third kappa shape index (κ3) is 4.18. The highest BCUT2D eigenvalue weighted by atomic mass is 32.2. The number of aromatic nitrogens is 1. The Kier molecular flexibility index (Phi) is 5.65. The predicted octanol–water partition coefficient (Wildman–Crippen LogP) is 5.24. The van der Waals surface area contributed by atoms with Crippen molar-refractivity contribution >= 4 is 33.4 Å². The van der Waals surface area contributed by atoms with E-state index in [-0.39, 0.29) is 27.2 Å². The molecule has 0 N–H and O–H groups in total. The lowest BCUT2D eigenvalue weighted by Crippen LogP contribution is -2.15. The fourth-order valence-corrected chi connectivity index (χ4v) is 6.35. The second kappa shape index (κ2) is 8.18. The molecule has 0 unspecified atom stereocenters. The lowest BCUT2D eigenvalue weighted by molar-refractivity contribution is 0.446. The summed E-state index contributed by atoms with van der Waals surface area (Å²) in [5, 5.41) is 9.52. The summed E-state index contributed by atoms with van der Waals surface area (Å²) in [5.74, 6) is -0.909. The molecule has 0 aliphatic heterocycles.